The molecule has 1 aliphatic heterocycles. The molecule has 6 nitrogen and oxygen atoms in total. The van der Waals surface area contributed by atoms with Crippen LogP contribution < -0.4 is 16.2 Å². The van der Waals surface area contributed by atoms with Crippen molar-refractivity contribution in [3.05, 3.63) is 92.9 Å². The van der Waals surface area contributed by atoms with Crippen LogP contribution in [-0.2, 0) is 6.54 Å². The van der Waals surface area contributed by atoms with Crippen molar-refractivity contribution < 1.29 is 0 Å². The van der Waals surface area contributed by atoms with Crippen molar-refractivity contribution in [3.8, 4) is 0 Å². The largest absolute Gasteiger partial charge is 0.331 e. The van der Waals surface area contributed by atoms with E-state index in [4.69, 9.17) is 11.6 Å². The van der Waals surface area contributed by atoms with Gasteiger partial charge >= 0.3 is 0 Å². The number of fused-ring (bicyclic) bond motifs is 1. The monoisotopic (exact) mass is 379 g/mol. The molecule has 0 unspecified atom stereocenters. The van der Waals surface area contributed by atoms with Crippen molar-refractivity contribution in [2.45, 2.75) is 19.6 Å². The zero-order chi connectivity index (χ0) is 18.8. The van der Waals surface area contributed by atoms with E-state index in [2.05, 4.69) is 20.6 Å². The fourth-order valence-corrected chi connectivity index (χ4v) is 3.12. The number of nitrogens with zero attached hydrogens (tertiary/aromatic N) is 3. The van der Waals surface area contributed by atoms with E-state index >= 15 is 0 Å². The topological polar surface area (TPSA) is 71.3 Å². The van der Waals surface area contributed by atoms with Crippen molar-refractivity contribution in [3.63, 3.8) is 0 Å². The highest BCUT2D eigenvalue weighted by Gasteiger charge is 2.26. The first-order valence-corrected chi connectivity index (χ1v) is 8.95. The fraction of sp³-hybridized carbons (Fsp3) is 0.150. The van der Waals surface area contributed by atoms with Crippen molar-refractivity contribution in [2.75, 3.05) is 5.32 Å². The molecule has 7 heteroatoms. The summed E-state index contributed by atoms with van der Waals surface area (Å²) in [7, 11) is 0. The Morgan fingerprint density at radius 1 is 1.15 bits per heavy atom. The van der Waals surface area contributed by atoms with E-state index in [1.54, 1.807) is 11.5 Å². The van der Waals surface area contributed by atoms with E-state index < -0.39 is 0 Å². The molecule has 3 aromatic rings. The quantitative estimate of drug-likeness (QED) is 0.732. The Bertz CT molecular complexity index is 1040. The molecule has 0 aliphatic carbocycles. The van der Waals surface area contributed by atoms with Crippen LogP contribution in [0.2, 0.25) is 5.02 Å². The molecule has 0 amide bonds. The summed E-state index contributed by atoms with van der Waals surface area (Å²) in [5.74, 6) is 1.04. The fourth-order valence-electron chi connectivity index (χ4n) is 2.99. The van der Waals surface area contributed by atoms with Crippen molar-refractivity contribution in [1.29, 1.82) is 0 Å². The summed E-state index contributed by atoms with van der Waals surface area (Å²) in [6.07, 6.45) is -0.382. The Morgan fingerprint density at radius 3 is 2.63 bits per heavy atom. The molecular weight excluding hydrogens is 362 g/mol. The Morgan fingerprint density at radius 2 is 1.89 bits per heavy atom. The molecular formula is C20H18ClN5O. The lowest BCUT2D eigenvalue weighted by Gasteiger charge is -2.31. The Hall–Kier alpha value is -3.12. The molecule has 1 aromatic heterocycles. The molecule has 0 saturated heterocycles. The number of guanidine groups is 1. The van der Waals surface area contributed by atoms with Crippen LogP contribution in [-0.4, -0.2) is 15.5 Å². The predicted octanol–water partition coefficient (Wildman–Crippen LogP) is 3.32. The highest BCUT2D eigenvalue weighted by molar-refractivity contribution is 6.30. The summed E-state index contributed by atoms with van der Waals surface area (Å²) in [6, 6.07) is 18.8. The van der Waals surface area contributed by atoms with Gasteiger partial charge in [-0.05, 0) is 30.2 Å². The molecule has 1 aliphatic rings. The molecule has 4 rings (SSSR count). The number of aromatic nitrogens is 2. The van der Waals surface area contributed by atoms with Crippen LogP contribution in [0.15, 0.2) is 70.5 Å². The van der Waals surface area contributed by atoms with E-state index in [1.807, 2.05) is 54.6 Å². The smallest absolute Gasteiger partial charge is 0.257 e. The molecule has 136 valence electrons. The number of benzene rings is 2. The zero-order valence-corrected chi connectivity index (χ0v) is 15.4. The van der Waals surface area contributed by atoms with Gasteiger partial charge in [0.05, 0.1) is 6.54 Å². The van der Waals surface area contributed by atoms with E-state index in [1.165, 1.54) is 6.07 Å². The minimum absolute atomic E-state index is 0.122. The zero-order valence-electron chi connectivity index (χ0n) is 14.7. The minimum atomic E-state index is -0.382. The average Bonchev–Trinajstić information content (AvgIpc) is 2.67. The maximum Gasteiger partial charge on any atom is 0.257 e. The third-order valence-corrected chi connectivity index (χ3v) is 4.54. The van der Waals surface area contributed by atoms with Gasteiger partial charge in [0, 0.05) is 16.8 Å². The third-order valence-electron chi connectivity index (χ3n) is 4.29. The van der Waals surface area contributed by atoms with Crippen LogP contribution in [0.4, 0.5) is 5.95 Å². The normalized spacial score (nSPS) is 17.1. The number of hydrogen-bond acceptors (Lipinski definition) is 3. The molecule has 2 aromatic carbocycles. The van der Waals surface area contributed by atoms with Crippen LogP contribution in [0.25, 0.3) is 0 Å². The lowest BCUT2D eigenvalue weighted by molar-refractivity contribution is 0.515. The molecule has 2 heterocycles. The first kappa shape index (κ1) is 17.3. The molecule has 27 heavy (non-hydrogen) atoms. The number of aryl methyl sites for hydroxylation is 1. The van der Waals surface area contributed by atoms with Crippen molar-refractivity contribution in [1.82, 2.24) is 14.9 Å². The lowest BCUT2D eigenvalue weighted by Crippen LogP contribution is -2.48. The number of nitrogens with one attached hydrogen (secondary N) is 2. The predicted molar refractivity (Wildman–Crippen MR) is 107 cm³/mol. The van der Waals surface area contributed by atoms with Gasteiger partial charge in [-0.3, -0.25) is 14.7 Å². The van der Waals surface area contributed by atoms with Gasteiger partial charge in [0.1, 0.15) is 6.17 Å². The van der Waals surface area contributed by atoms with E-state index in [9.17, 15) is 4.79 Å². The molecule has 0 spiro atoms. The van der Waals surface area contributed by atoms with Crippen LogP contribution >= 0.6 is 11.6 Å². The standard InChI is InChI=1S/C20H18ClN5O/c1-13-11-17(27)26-18(15-5-3-2-4-6-15)24-19(25-20(26)23-13)22-12-14-7-9-16(21)10-8-14/h2-11,18H,12H2,1H3,(H2,22,23,24,25)/t18-/m1/s1. The molecule has 0 radical (unpaired) electrons. The molecule has 0 bridgehead atoms. The number of halogens is 1. The van der Waals surface area contributed by atoms with Gasteiger partial charge in [0.2, 0.25) is 5.95 Å². The van der Waals surface area contributed by atoms with Crippen molar-refractivity contribution in [2.24, 2.45) is 4.99 Å². The summed E-state index contributed by atoms with van der Waals surface area (Å²) >= 11 is 5.93. The van der Waals surface area contributed by atoms with E-state index in [0.717, 1.165) is 11.1 Å². The number of rotatable bonds is 3. The van der Waals surface area contributed by atoms with Gasteiger partial charge < -0.3 is 5.32 Å². The number of anilines is 1. The van der Waals surface area contributed by atoms with Gasteiger partial charge in [0.25, 0.3) is 5.56 Å². The average molecular weight is 380 g/mol. The highest BCUT2D eigenvalue weighted by Crippen LogP contribution is 2.21. The molecule has 0 fully saturated rings. The Labute approximate surface area is 161 Å². The Kier molecular flexibility index (Phi) is 4.64. The molecule has 2 N–H and O–H groups in total. The van der Waals surface area contributed by atoms with Gasteiger partial charge in [-0.1, -0.05) is 54.1 Å². The lowest BCUT2D eigenvalue weighted by atomic mass is 10.1. The van der Waals surface area contributed by atoms with Crippen LogP contribution in [0.5, 0.6) is 0 Å². The molecule has 1 atom stereocenters. The van der Waals surface area contributed by atoms with Crippen LogP contribution in [0, 0.1) is 6.92 Å². The SMILES string of the molecule is Cc1cc(=O)n2c(n1)NC(=NCc1ccc(Cl)cc1)N[C@H]2c1ccccc1. The number of hydrogen-bond donors (Lipinski definition) is 2. The van der Waals surface area contributed by atoms with Gasteiger partial charge in [-0.2, -0.15) is 0 Å². The second kappa shape index (κ2) is 7.25. The summed E-state index contributed by atoms with van der Waals surface area (Å²) in [5.41, 5.74) is 2.52. The van der Waals surface area contributed by atoms with Crippen LogP contribution in [0.1, 0.15) is 23.0 Å². The van der Waals surface area contributed by atoms with Gasteiger partial charge in [-0.15, -0.1) is 0 Å². The van der Waals surface area contributed by atoms with Gasteiger partial charge in [-0.25, -0.2) is 9.98 Å². The van der Waals surface area contributed by atoms with E-state index in [-0.39, 0.29) is 11.7 Å². The summed E-state index contributed by atoms with van der Waals surface area (Å²) in [4.78, 5) is 21.7. The summed E-state index contributed by atoms with van der Waals surface area (Å²) in [5, 5.41) is 7.12. The van der Waals surface area contributed by atoms with Gasteiger partial charge in [0.15, 0.2) is 5.96 Å². The maximum absolute atomic E-state index is 12.6. The van der Waals surface area contributed by atoms with Crippen molar-refractivity contribution >= 4 is 23.5 Å². The second-order valence-corrected chi connectivity index (χ2v) is 6.74. The van der Waals surface area contributed by atoms with E-state index in [0.29, 0.717) is 29.2 Å². The third kappa shape index (κ3) is 3.71. The molecule has 0 saturated carbocycles. The Balaban J connectivity index is 1.71. The summed E-state index contributed by atoms with van der Waals surface area (Å²) in [6.45, 7) is 2.28. The second-order valence-electron chi connectivity index (χ2n) is 6.30. The first-order chi connectivity index (χ1) is 13.1. The summed E-state index contributed by atoms with van der Waals surface area (Å²) < 4.78 is 1.60. The number of aliphatic imine (C=N–C) groups is 1. The maximum atomic E-state index is 12.6. The highest BCUT2D eigenvalue weighted by atomic mass is 35.5. The minimum Gasteiger partial charge on any atom is -0.331 e. The van der Waals surface area contributed by atoms with Crippen LogP contribution in [0.3, 0.4) is 0 Å². The first-order valence-electron chi connectivity index (χ1n) is 8.58.